The van der Waals surface area contributed by atoms with Crippen molar-refractivity contribution in [3.05, 3.63) is 89.0 Å². The lowest BCUT2D eigenvalue weighted by molar-refractivity contribution is -0.274. The summed E-state index contributed by atoms with van der Waals surface area (Å²) >= 11 is 0. The number of piperazine rings is 1. The fourth-order valence-corrected chi connectivity index (χ4v) is 5.58. The molecular formula is C34H38F3N7O3. The summed E-state index contributed by atoms with van der Waals surface area (Å²) in [6, 6.07) is 17.9. The molecule has 248 valence electrons. The van der Waals surface area contributed by atoms with Crippen LogP contribution in [0.3, 0.4) is 0 Å². The summed E-state index contributed by atoms with van der Waals surface area (Å²) in [6.45, 7) is 3.39. The van der Waals surface area contributed by atoms with Gasteiger partial charge in [-0.05, 0) is 66.9 Å². The normalized spacial score (nSPS) is 14.6. The van der Waals surface area contributed by atoms with Crippen molar-refractivity contribution in [1.29, 1.82) is 0 Å². The van der Waals surface area contributed by atoms with Crippen LogP contribution in [0.15, 0.2) is 66.7 Å². The number of carbonyl (C=O) groups is 2. The molecule has 10 nitrogen and oxygen atoms in total. The molecule has 3 N–H and O–H groups in total. The number of benzene rings is 3. The number of halogens is 3. The Kier molecular flexibility index (Phi) is 10.1. The van der Waals surface area contributed by atoms with E-state index >= 15 is 0 Å². The van der Waals surface area contributed by atoms with Crippen LogP contribution in [0.25, 0.3) is 10.9 Å². The predicted molar refractivity (Wildman–Crippen MR) is 174 cm³/mol. The fraction of sp³-hybridized carbons (Fsp3) is 0.353. The second kappa shape index (κ2) is 14.2. The molecular weight excluding hydrogens is 611 g/mol. The van der Waals surface area contributed by atoms with Gasteiger partial charge in [-0.15, -0.1) is 13.2 Å². The first-order valence-electron chi connectivity index (χ1n) is 15.3. The van der Waals surface area contributed by atoms with Gasteiger partial charge in [0.15, 0.2) is 0 Å². The van der Waals surface area contributed by atoms with Crippen molar-refractivity contribution in [2.24, 2.45) is 0 Å². The van der Waals surface area contributed by atoms with Crippen molar-refractivity contribution in [1.82, 2.24) is 25.1 Å². The van der Waals surface area contributed by atoms with Crippen molar-refractivity contribution in [2.75, 3.05) is 58.0 Å². The van der Waals surface area contributed by atoms with Crippen molar-refractivity contribution in [2.45, 2.75) is 31.7 Å². The molecule has 0 radical (unpaired) electrons. The predicted octanol–water partition coefficient (Wildman–Crippen LogP) is 4.08. The molecule has 4 aromatic rings. The lowest BCUT2D eigenvalue weighted by atomic mass is 9.98. The molecule has 2 heterocycles. The van der Waals surface area contributed by atoms with E-state index < -0.39 is 18.3 Å². The van der Waals surface area contributed by atoms with E-state index in [2.05, 4.69) is 36.9 Å². The number of ether oxygens (including phenoxy) is 1. The van der Waals surface area contributed by atoms with Crippen LogP contribution in [0, 0.1) is 0 Å². The number of nitrogens with one attached hydrogen (secondary N) is 1. The van der Waals surface area contributed by atoms with E-state index in [0.29, 0.717) is 23.9 Å². The number of alkyl halides is 3. The Morgan fingerprint density at radius 1 is 0.936 bits per heavy atom. The summed E-state index contributed by atoms with van der Waals surface area (Å²) in [5.74, 6) is -0.0786. The Labute approximate surface area is 271 Å². The Hall–Kier alpha value is -4.91. The summed E-state index contributed by atoms with van der Waals surface area (Å²) in [7, 11) is 5.35. The molecule has 2 amide bonds. The maximum absolute atomic E-state index is 13.5. The maximum atomic E-state index is 13.5. The highest BCUT2D eigenvalue weighted by Crippen LogP contribution is 2.27. The van der Waals surface area contributed by atoms with Gasteiger partial charge in [-0.3, -0.25) is 9.59 Å². The van der Waals surface area contributed by atoms with Gasteiger partial charge in [0.25, 0.3) is 5.91 Å². The van der Waals surface area contributed by atoms with Gasteiger partial charge in [-0.2, -0.15) is 4.98 Å². The van der Waals surface area contributed by atoms with Gasteiger partial charge in [0.05, 0.1) is 5.52 Å². The molecule has 0 saturated carbocycles. The van der Waals surface area contributed by atoms with E-state index in [1.165, 1.54) is 17.0 Å². The van der Waals surface area contributed by atoms with E-state index in [-0.39, 0.29) is 24.0 Å². The first-order chi connectivity index (χ1) is 22.3. The first kappa shape index (κ1) is 33.5. The standard InChI is InChI=1S/C34H38F3N7O3/c1-42(2)32(46)29(20-24-6-4-5-23(19-24)8-7-22-9-12-26(13-10-22)47-34(35,36)37)39-31(45)25-11-14-27-28(21-25)40-33(38)41-30(27)44-17-15-43(3)16-18-44/h4-6,9-14,19,21,29H,7-8,15-18,20H2,1-3H3,(H,39,45)(H2,38,40,41). The molecule has 13 heteroatoms. The summed E-state index contributed by atoms with van der Waals surface area (Å²) in [5.41, 5.74) is 9.66. The van der Waals surface area contributed by atoms with E-state index in [9.17, 15) is 22.8 Å². The van der Waals surface area contributed by atoms with Crippen LogP contribution in [0.4, 0.5) is 24.9 Å². The smallest absolute Gasteiger partial charge is 0.406 e. The van der Waals surface area contributed by atoms with Crippen LogP contribution >= 0.6 is 0 Å². The number of fused-ring (bicyclic) bond motifs is 1. The minimum atomic E-state index is -4.74. The molecule has 3 aromatic carbocycles. The quantitative estimate of drug-likeness (QED) is 0.264. The van der Waals surface area contributed by atoms with E-state index in [1.807, 2.05) is 30.3 Å². The molecule has 47 heavy (non-hydrogen) atoms. The van der Waals surface area contributed by atoms with Gasteiger partial charge in [0.2, 0.25) is 11.9 Å². The summed E-state index contributed by atoms with van der Waals surface area (Å²) in [6.07, 6.45) is -3.25. The van der Waals surface area contributed by atoms with Crippen molar-refractivity contribution >= 4 is 34.5 Å². The third-order valence-electron chi connectivity index (χ3n) is 8.09. The number of hydrogen-bond donors (Lipinski definition) is 2. The number of carbonyl (C=O) groups excluding carboxylic acids is 2. The molecule has 1 saturated heterocycles. The topological polar surface area (TPSA) is 117 Å². The van der Waals surface area contributed by atoms with Gasteiger partial charge >= 0.3 is 6.36 Å². The number of nitrogens with two attached hydrogens (primary N) is 1. The van der Waals surface area contributed by atoms with E-state index in [0.717, 1.165) is 54.1 Å². The van der Waals surface area contributed by atoms with Crippen molar-refractivity contribution in [3.63, 3.8) is 0 Å². The van der Waals surface area contributed by atoms with Crippen molar-refractivity contribution in [3.8, 4) is 5.75 Å². The first-order valence-corrected chi connectivity index (χ1v) is 15.3. The monoisotopic (exact) mass is 649 g/mol. The second-order valence-corrected chi connectivity index (χ2v) is 11.9. The van der Waals surface area contributed by atoms with Gasteiger partial charge in [-0.1, -0.05) is 36.4 Å². The Morgan fingerprint density at radius 3 is 2.30 bits per heavy atom. The Morgan fingerprint density at radius 2 is 1.62 bits per heavy atom. The second-order valence-electron chi connectivity index (χ2n) is 11.9. The van der Waals surface area contributed by atoms with Crippen LogP contribution in [0.2, 0.25) is 0 Å². The van der Waals surface area contributed by atoms with Crippen LogP contribution in [-0.2, 0) is 24.1 Å². The van der Waals surface area contributed by atoms with Crippen LogP contribution < -0.4 is 20.7 Å². The van der Waals surface area contributed by atoms with E-state index in [4.69, 9.17) is 5.73 Å². The Bertz CT molecular complexity index is 1720. The zero-order chi connectivity index (χ0) is 33.7. The number of hydrogen-bond acceptors (Lipinski definition) is 8. The number of rotatable bonds is 10. The average molecular weight is 650 g/mol. The van der Waals surface area contributed by atoms with Crippen LogP contribution in [0.5, 0.6) is 5.75 Å². The van der Waals surface area contributed by atoms with Gasteiger partial charge in [0, 0.05) is 57.6 Å². The minimum Gasteiger partial charge on any atom is -0.406 e. The summed E-state index contributed by atoms with van der Waals surface area (Å²) in [4.78, 5) is 41.5. The van der Waals surface area contributed by atoms with Gasteiger partial charge in [0.1, 0.15) is 17.6 Å². The Balaban J connectivity index is 1.28. The largest absolute Gasteiger partial charge is 0.573 e. The maximum Gasteiger partial charge on any atom is 0.573 e. The lowest BCUT2D eigenvalue weighted by Crippen LogP contribution is -2.47. The van der Waals surface area contributed by atoms with Gasteiger partial charge in [-0.25, -0.2) is 4.98 Å². The number of amides is 2. The summed E-state index contributed by atoms with van der Waals surface area (Å²) in [5, 5.41) is 3.71. The molecule has 1 atom stereocenters. The molecule has 0 spiro atoms. The number of aryl methyl sites for hydroxylation is 2. The lowest BCUT2D eigenvalue weighted by Gasteiger charge is -2.33. The number of nitrogens with zero attached hydrogens (tertiary/aromatic N) is 5. The molecule has 0 aliphatic carbocycles. The molecule has 5 rings (SSSR count). The van der Waals surface area contributed by atoms with Gasteiger partial charge < -0.3 is 30.5 Å². The molecule has 1 aromatic heterocycles. The molecule has 1 fully saturated rings. The zero-order valence-corrected chi connectivity index (χ0v) is 26.6. The van der Waals surface area contributed by atoms with Crippen LogP contribution in [-0.4, -0.2) is 91.3 Å². The number of nitrogen functional groups attached to an aromatic ring is 1. The number of aromatic nitrogens is 2. The minimum absolute atomic E-state index is 0.122. The average Bonchev–Trinajstić information content (AvgIpc) is 3.03. The molecule has 1 unspecified atom stereocenters. The summed E-state index contributed by atoms with van der Waals surface area (Å²) < 4.78 is 41.3. The molecule has 1 aliphatic rings. The van der Waals surface area contributed by atoms with Crippen molar-refractivity contribution < 1.29 is 27.5 Å². The highest BCUT2D eigenvalue weighted by Gasteiger charge is 2.31. The highest BCUT2D eigenvalue weighted by molar-refractivity contribution is 6.02. The number of anilines is 2. The van der Waals surface area contributed by atoms with Crippen LogP contribution in [0.1, 0.15) is 27.0 Å². The third kappa shape index (κ3) is 8.88. The third-order valence-corrected chi connectivity index (χ3v) is 8.09. The number of likely N-dealkylation sites (N-methyl/N-ethyl adjacent to an activating group) is 2. The molecule has 1 aliphatic heterocycles. The SMILES string of the molecule is CN1CCN(c2nc(N)nc3cc(C(=O)NC(Cc4cccc(CCc5ccc(OC(F)(F)F)cc5)c4)C(=O)N(C)C)ccc23)CC1. The molecule has 0 bridgehead atoms. The van der Waals surface area contributed by atoms with E-state index in [1.54, 1.807) is 38.4 Å². The highest BCUT2D eigenvalue weighted by atomic mass is 19.4. The fourth-order valence-electron chi connectivity index (χ4n) is 5.58. The zero-order valence-electron chi connectivity index (χ0n) is 26.6.